The van der Waals surface area contributed by atoms with E-state index in [1.165, 1.54) is 0 Å². The maximum atomic E-state index is 12.4. The molecule has 0 aliphatic carbocycles. The molecule has 1 aromatic rings. The van der Waals surface area contributed by atoms with E-state index in [0.29, 0.717) is 5.06 Å². The zero-order valence-electron chi connectivity index (χ0n) is 15.0. The Labute approximate surface area is 151 Å². The van der Waals surface area contributed by atoms with E-state index in [-0.39, 0.29) is 19.3 Å². The number of hydrogen-bond acceptors (Lipinski definition) is 6. The molecule has 1 aliphatic rings. The van der Waals surface area contributed by atoms with Crippen molar-refractivity contribution in [2.45, 2.75) is 51.7 Å². The average Bonchev–Trinajstić information content (AvgIpc) is 2.85. The SMILES string of the molecule is CC(C)(C)OC(=O)[C@H](Cc1ccccc1)NC(=O)ON1C(=O)CCC1=O. The molecule has 0 saturated carbocycles. The van der Waals surface area contributed by atoms with E-state index in [0.717, 1.165) is 5.56 Å². The van der Waals surface area contributed by atoms with Gasteiger partial charge in [0.05, 0.1) is 0 Å². The minimum Gasteiger partial charge on any atom is -0.458 e. The van der Waals surface area contributed by atoms with Gasteiger partial charge in [0.2, 0.25) is 0 Å². The summed E-state index contributed by atoms with van der Waals surface area (Å²) in [5.41, 5.74) is 0.0652. The number of nitrogens with zero attached hydrogens (tertiary/aromatic N) is 1. The summed E-state index contributed by atoms with van der Waals surface area (Å²) >= 11 is 0. The van der Waals surface area contributed by atoms with Gasteiger partial charge in [-0.15, -0.1) is 5.06 Å². The molecule has 0 unspecified atom stereocenters. The van der Waals surface area contributed by atoms with Crippen LogP contribution in [0.4, 0.5) is 4.79 Å². The van der Waals surface area contributed by atoms with Gasteiger partial charge in [0, 0.05) is 19.3 Å². The Hall–Kier alpha value is -2.90. The Morgan fingerprint density at radius 3 is 2.23 bits per heavy atom. The molecule has 1 atom stereocenters. The van der Waals surface area contributed by atoms with Gasteiger partial charge in [0.15, 0.2) is 0 Å². The van der Waals surface area contributed by atoms with Crippen LogP contribution < -0.4 is 5.32 Å². The lowest BCUT2D eigenvalue weighted by Crippen LogP contribution is -2.47. The highest BCUT2D eigenvalue weighted by Crippen LogP contribution is 2.14. The van der Waals surface area contributed by atoms with Crippen molar-refractivity contribution in [2.24, 2.45) is 0 Å². The minimum absolute atomic E-state index is 0.00831. The monoisotopic (exact) mass is 362 g/mol. The van der Waals surface area contributed by atoms with Gasteiger partial charge >= 0.3 is 12.1 Å². The van der Waals surface area contributed by atoms with Crippen LogP contribution in [0.5, 0.6) is 0 Å². The number of esters is 1. The molecule has 140 valence electrons. The van der Waals surface area contributed by atoms with Gasteiger partial charge in [-0.3, -0.25) is 9.59 Å². The lowest BCUT2D eigenvalue weighted by molar-refractivity contribution is -0.171. The lowest BCUT2D eigenvalue weighted by atomic mass is 10.1. The third-order valence-corrected chi connectivity index (χ3v) is 3.45. The summed E-state index contributed by atoms with van der Waals surface area (Å²) in [5, 5.41) is 2.79. The zero-order valence-corrected chi connectivity index (χ0v) is 15.0. The van der Waals surface area contributed by atoms with Gasteiger partial charge in [-0.25, -0.2) is 9.59 Å². The molecule has 26 heavy (non-hydrogen) atoms. The summed E-state index contributed by atoms with van der Waals surface area (Å²) < 4.78 is 5.33. The number of carbonyl (C=O) groups is 4. The molecule has 1 saturated heterocycles. The summed E-state index contributed by atoms with van der Waals surface area (Å²) in [6.45, 7) is 5.14. The number of carbonyl (C=O) groups excluding carboxylic acids is 4. The number of benzene rings is 1. The molecule has 1 N–H and O–H groups in total. The first kappa shape index (κ1) is 19.4. The van der Waals surface area contributed by atoms with Gasteiger partial charge in [-0.05, 0) is 26.3 Å². The second-order valence-corrected chi connectivity index (χ2v) is 6.88. The Bertz CT molecular complexity index is 679. The van der Waals surface area contributed by atoms with Crippen LogP contribution in [0.1, 0.15) is 39.2 Å². The van der Waals surface area contributed by atoms with Crippen molar-refractivity contribution in [3.05, 3.63) is 35.9 Å². The first-order chi connectivity index (χ1) is 12.2. The highest BCUT2D eigenvalue weighted by molar-refractivity contribution is 6.01. The largest absolute Gasteiger partial charge is 0.458 e. The van der Waals surface area contributed by atoms with Gasteiger partial charge in [-0.2, -0.15) is 0 Å². The Kier molecular flexibility index (Phi) is 5.97. The van der Waals surface area contributed by atoms with Crippen molar-refractivity contribution in [3.63, 3.8) is 0 Å². The van der Waals surface area contributed by atoms with E-state index in [1.807, 2.05) is 6.07 Å². The van der Waals surface area contributed by atoms with Crippen LogP contribution in [-0.4, -0.2) is 40.6 Å². The number of hydrogen-bond donors (Lipinski definition) is 1. The quantitative estimate of drug-likeness (QED) is 0.632. The standard InChI is InChI=1S/C18H22N2O6/c1-18(2,3)25-16(23)13(11-12-7-5-4-6-8-12)19-17(24)26-20-14(21)9-10-15(20)22/h4-8,13H,9-11H2,1-3H3,(H,19,24)/t13-/m0/s1. The summed E-state index contributed by atoms with van der Waals surface area (Å²) in [6.07, 6.45) is -0.912. The predicted octanol–water partition coefficient (Wildman–Crippen LogP) is 1.73. The van der Waals surface area contributed by atoms with Crippen molar-refractivity contribution in [2.75, 3.05) is 0 Å². The Morgan fingerprint density at radius 1 is 1.12 bits per heavy atom. The molecule has 0 spiro atoms. The first-order valence-electron chi connectivity index (χ1n) is 8.27. The predicted molar refractivity (Wildman–Crippen MR) is 90.5 cm³/mol. The molecule has 0 aromatic heterocycles. The molecule has 8 nitrogen and oxygen atoms in total. The van der Waals surface area contributed by atoms with Crippen LogP contribution in [0.15, 0.2) is 30.3 Å². The number of hydroxylamine groups is 2. The van der Waals surface area contributed by atoms with Crippen LogP contribution >= 0.6 is 0 Å². The fourth-order valence-corrected chi connectivity index (χ4v) is 2.33. The molecular formula is C18H22N2O6. The molecule has 8 heteroatoms. The Morgan fingerprint density at radius 2 is 1.69 bits per heavy atom. The van der Waals surface area contributed by atoms with Crippen molar-refractivity contribution in [1.82, 2.24) is 10.4 Å². The maximum Gasteiger partial charge on any atom is 0.432 e. The first-order valence-corrected chi connectivity index (χ1v) is 8.27. The van der Waals surface area contributed by atoms with E-state index < -0.39 is 35.5 Å². The van der Waals surface area contributed by atoms with Crippen LogP contribution in [0.3, 0.4) is 0 Å². The molecular weight excluding hydrogens is 340 g/mol. The minimum atomic E-state index is -1.07. The molecule has 1 aromatic carbocycles. The number of amides is 3. The topological polar surface area (TPSA) is 102 Å². The van der Waals surface area contributed by atoms with Crippen molar-refractivity contribution >= 4 is 23.9 Å². The fourth-order valence-electron chi connectivity index (χ4n) is 2.33. The molecule has 1 heterocycles. The second kappa shape index (κ2) is 7.99. The smallest absolute Gasteiger partial charge is 0.432 e. The zero-order chi connectivity index (χ0) is 19.3. The van der Waals surface area contributed by atoms with Gasteiger partial charge in [-0.1, -0.05) is 30.3 Å². The molecule has 2 rings (SSSR count). The second-order valence-electron chi connectivity index (χ2n) is 6.88. The van der Waals surface area contributed by atoms with Crippen LogP contribution in [0.25, 0.3) is 0 Å². The molecule has 3 amide bonds. The molecule has 1 fully saturated rings. The van der Waals surface area contributed by atoms with Gasteiger partial charge < -0.3 is 14.9 Å². The average molecular weight is 362 g/mol. The van der Waals surface area contributed by atoms with Gasteiger partial charge in [0.25, 0.3) is 11.8 Å². The summed E-state index contributed by atoms with van der Waals surface area (Å²) in [7, 11) is 0. The molecule has 1 aliphatic heterocycles. The Balaban J connectivity index is 2.07. The maximum absolute atomic E-state index is 12.4. The van der Waals surface area contributed by atoms with Gasteiger partial charge in [0.1, 0.15) is 11.6 Å². The fraction of sp³-hybridized carbons (Fsp3) is 0.444. The third-order valence-electron chi connectivity index (χ3n) is 3.45. The van der Waals surface area contributed by atoms with Crippen molar-refractivity contribution in [1.29, 1.82) is 0 Å². The van der Waals surface area contributed by atoms with E-state index in [1.54, 1.807) is 45.0 Å². The van der Waals surface area contributed by atoms with Crippen LogP contribution in [0, 0.1) is 0 Å². The highest BCUT2D eigenvalue weighted by atomic mass is 16.7. The lowest BCUT2D eigenvalue weighted by Gasteiger charge is -2.25. The molecule has 0 radical (unpaired) electrons. The summed E-state index contributed by atoms with van der Waals surface area (Å²) in [4.78, 5) is 52.3. The number of nitrogens with one attached hydrogen (secondary N) is 1. The van der Waals surface area contributed by atoms with E-state index >= 15 is 0 Å². The van der Waals surface area contributed by atoms with Crippen molar-refractivity contribution in [3.8, 4) is 0 Å². The van der Waals surface area contributed by atoms with Crippen LogP contribution in [-0.2, 0) is 30.4 Å². The molecule has 0 bridgehead atoms. The summed E-state index contributed by atoms with van der Waals surface area (Å²) in [5.74, 6) is -1.83. The van der Waals surface area contributed by atoms with E-state index in [4.69, 9.17) is 9.57 Å². The number of ether oxygens (including phenoxy) is 1. The van der Waals surface area contributed by atoms with Crippen LogP contribution in [0.2, 0.25) is 0 Å². The van der Waals surface area contributed by atoms with E-state index in [9.17, 15) is 19.2 Å². The number of rotatable bonds is 5. The van der Waals surface area contributed by atoms with Crippen molar-refractivity contribution < 1.29 is 28.8 Å². The summed E-state index contributed by atoms with van der Waals surface area (Å²) in [6, 6.07) is 8.02. The number of imide groups is 1. The third kappa shape index (κ3) is 5.58. The normalized spacial score (nSPS) is 15.6. The highest BCUT2D eigenvalue weighted by Gasteiger charge is 2.34. The van der Waals surface area contributed by atoms with E-state index in [2.05, 4.69) is 5.32 Å².